The van der Waals surface area contributed by atoms with Gasteiger partial charge in [0.05, 0.1) is 13.2 Å². The Morgan fingerprint density at radius 3 is 2.50 bits per heavy atom. The minimum absolute atomic E-state index is 0.150. The van der Waals surface area contributed by atoms with Crippen molar-refractivity contribution in [2.24, 2.45) is 0 Å². The number of nitrogens with zero attached hydrogens (tertiary/aromatic N) is 3. The number of benzene rings is 1. The van der Waals surface area contributed by atoms with Gasteiger partial charge in [0, 0.05) is 51.0 Å². The standard InChI is InChI=1S/C22H35N3O3/c1-17-14-20(24-10-12-27-13-11-24)7-6-19(17)16-23-8-9-25(18(2)15-23)21(26)28-22(3,4)5/h6-7,14,18H,8-13,15-16H2,1-5H3. The smallest absolute Gasteiger partial charge is 0.410 e. The number of amides is 1. The van der Waals surface area contributed by atoms with Gasteiger partial charge in [-0.3, -0.25) is 4.90 Å². The van der Waals surface area contributed by atoms with Crippen LogP contribution in [0.2, 0.25) is 0 Å². The van der Waals surface area contributed by atoms with E-state index in [2.05, 4.69) is 41.8 Å². The van der Waals surface area contributed by atoms with Crippen molar-refractivity contribution in [3.63, 3.8) is 0 Å². The summed E-state index contributed by atoms with van der Waals surface area (Å²) in [6.07, 6.45) is -0.203. The van der Waals surface area contributed by atoms with Gasteiger partial charge in [0.1, 0.15) is 5.60 Å². The van der Waals surface area contributed by atoms with Crippen LogP contribution in [0.15, 0.2) is 18.2 Å². The van der Waals surface area contributed by atoms with Crippen molar-refractivity contribution in [3.05, 3.63) is 29.3 Å². The van der Waals surface area contributed by atoms with Gasteiger partial charge in [0.2, 0.25) is 0 Å². The van der Waals surface area contributed by atoms with Crippen LogP contribution in [0.4, 0.5) is 10.5 Å². The first-order chi connectivity index (χ1) is 13.2. The highest BCUT2D eigenvalue weighted by Crippen LogP contribution is 2.23. The van der Waals surface area contributed by atoms with E-state index in [0.717, 1.165) is 45.9 Å². The monoisotopic (exact) mass is 389 g/mol. The summed E-state index contributed by atoms with van der Waals surface area (Å²) in [6.45, 7) is 16.9. The molecule has 0 bridgehead atoms. The number of hydrogen-bond donors (Lipinski definition) is 0. The highest BCUT2D eigenvalue weighted by atomic mass is 16.6. The second-order valence-electron chi connectivity index (χ2n) is 8.97. The minimum Gasteiger partial charge on any atom is -0.444 e. The number of anilines is 1. The van der Waals surface area contributed by atoms with E-state index in [1.807, 2.05) is 25.7 Å². The van der Waals surface area contributed by atoms with E-state index in [0.29, 0.717) is 6.54 Å². The van der Waals surface area contributed by atoms with E-state index in [9.17, 15) is 4.79 Å². The van der Waals surface area contributed by atoms with Gasteiger partial charge in [0.25, 0.3) is 0 Å². The molecule has 1 aromatic carbocycles. The van der Waals surface area contributed by atoms with E-state index < -0.39 is 5.60 Å². The predicted octanol–water partition coefficient (Wildman–Crippen LogP) is 3.27. The highest BCUT2D eigenvalue weighted by molar-refractivity contribution is 5.68. The van der Waals surface area contributed by atoms with E-state index in [-0.39, 0.29) is 12.1 Å². The summed E-state index contributed by atoms with van der Waals surface area (Å²) >= 11 is 0. The maximum absolute atomic E-state index is 12.4. The van der Waals surface area contributed by atoms with Gasteiger partial charge < -0.3 is 19.3 Å². The van der Waals surface area contributed by atoms with Crippen LogP contribution in [0.3, 0.4) is 0 Å². The molecule has 1 aromatic rings. The summed E-state index contributed by atoms with van der Waals surface area (Å²) in [5, 5.41) is 0. The molecule has 2 aliphatic heterocycles. The van der Waals surface area contributed by atoms with Crippen molar-refractivity contribution < 1.29 is 14.3 Å². The number of rotatable bonds is 3. The normalized spacial score (nSPS) is 21.7. The Kier molecular flexibility index (Phi) is 6.50. The first-order valence-corrected chi connectivity index (χ1v) is 10.4. The van der Waals surface area contributed by atoms with Gasteiger partial charge >= 0.3 is 6.09 Å². The molecule has 3 rings (SSSR count). The molecule has 0 aliphatic carbocycles. The van der Waals surface area contributed by atoms with Crippen molar-refractivity contribution in [3.8, 4) is 0 Å². The van der Waals surface area contributed by atoms with Crippen LogP contribution in [0.1, 0.15) is 38.8 Å². The lowest BCUT2D eigenvalue weighted by Gasteiger charge is -2.40. The highest BCUT2D eigenvalue weighted by Gasteiger charge is 2.30. The second-order valence-corrected chi connectivity index (χ2v) is 8.97. The van der Waals surface area contributed by atoms with Gasteiger partial charge in [-0.15, -0.1) is 0 Å². The summed E-state index contributed by atoms with van der Waals surface area (Å²) in [6, 6.07) is 6.93. The molecule has 1 unspecified atom stereocenters. The number of aryl methyl sites for hydroxylation is 1. The van der Waals surface area contributed by atoms with Crippen LogP contribution >= 0.6 is 0 Å². The second kappa shape index (κ2) is 8.70. The SMILES string of the molecule is Cc1cc(N2CCOCC2)ccc1CN1CCN(C(=O)OC(C)(C)C)C(C)C1. The Morgan fingerprint density at radius 1 is 1.18 bits per heavy atom. The van der Waals surface area contributed by atoms with E-state index in [1.54, 1.807) is 0 Å². The molecule has 1 amide bonds. The molecule has 156 valence electrons. The number of carbonyl (C=O) groups excluding carboxylic acids is 1. The van der Waals surface area contributed by atoms with Crippen LogP contribution in [-0.4, -0.2) is 73.5 Å². The maximum Gasteiger partial charge on any atom is 0.410 e. The zero-order valence-corrected chi connectivity index (χ0v) is 18.0. The minimum atomic E-state index is -0.451. The third kappa shape index (κ3) is 5.39. The quantitative estimate of drug-likeness (QED) is 0.794. The topological polar surface area (TPSA) is 45.2 Å². The van der Waals surface area contributed by atoms with Gasteiger partial charge in [0.15, 0.2) is 0 Å². The molecule has 0 N–H and O–H groups in total. The fourth-order valence-corrected chi connectivity index (χ4v) is 3.89. The van der Waals surface area contributed by atoms with E-state index in [4.69, 9.17) is 9.47 Å². The van der Waals surface area contributed by atoms with Crippen molar-refractivity contribution in [2.45, 2.75) is 52.8 Å². The molecule has 0 spiro atoms. The molecule has 0 radical (unpaired) electrons. The Bertz CT molecular complexity index is 680. The summed E-state index contributed by atoms with van der Waals surface area (Å²) < 4.78 is 11.0. The van der Waals surface area contributed by atoms with Crippen LogP contribution in [0.5, 0.6) is 0 Å². The van der Waals surface area contributed by atoms with E-state index in [1.165, 1.54) is 16.8 Å². The van der Waals surface area contributed by atoms with Crippen molar-refractivity contribution in [1.82, 2.24) is 9.80 Å². The lowest BCUT2D eigenvalue weighted by atomic mass is 10.1. The molecule has 2 heterocycles. The summed E-state index contributed by atoms with van der Waals surface area (Å²) in [5.74, 6) is 0. The third-order valence-electron chi connectivity index (χ3n) is 5.44. The third-order valence-corrected chi connectivity index (χ3v) is 5.44. The molecule has 28 heavy (non-hydrogen) atoms. The molecule has 2 fully saturated rings. The Labute approximate surface area is 169 Å². The predicted molar refractivity (Wildman–Crippen MR) is 112 cm³/mol. The summed E-state index contributed by atoms with van der Waals surface area (Å²) in [5.41, 5.74) is 3.52. The Balaban J connectivity index is 1.57. The van der Waals surface area contributed by atoms with Crippen molar-refractivity contribution in [1.29, 1.82) is 0 Å². The van der Waals surface area contributed by atoms with Crippen LogP contribution < -0.4 is 4.90 Å². The summed E-state index contributed by atoms with van der Waals surface area (Å²) in [4.78, 5) is 19.1. The van der Waals surface area contributed by atoms with Crippen molar-refractivity contribution in [2.75, 3.05) is 50.8 Å². The molecule has 1 atom stereocenters. The average molecular weight is 390 g/mol. The zero-order valence-electron chi connectivity index (χ0n) is 18.0. The van der Waals surface area contributed by atoms with Gasteiger partial charge in [-0.05, 0) is 57.9 Å². The zero-order chi connectivity index (χ0) is 20.3. The van der Waals surface area contributed by atoms with Gasteiger partial charge in [-0.2, -0.15) is 0 Å². The van der Waals surface area contributed by atoms with Crippen molar-refractivity contribution >= 4 is 11.8 Å². The number of ether oxygens (including phenoxy) is 2. The molecule has 2 saturated heterocycles. The molecule has 0 saturated carbocycles. The fourth-order valence-electron chi connectivity index (χ4n) is 3.89. The van der Waals surface area contributed by atoms with Gasteiger partial charge in [-0.25, -0.2) is 4.79 Å². The molecule has 0 aromatic heterocycles. The Hall–Kier alpha value is -1.79. The number of piperazine rings is 1. The molecular weight excluding hydrogens is 354 g/mol. The van der Waals surface area contributed by atoms with E-state index >= 15 is 0 Å². The summed E-state index contributed by atoms with van der Waals surface area (Å²) in [7, 11) is 0. The van der Waals surface area contributed by atoms with Crippen LogP contribution in [-0.2, 0) is 16.0 Å². The molecular formula is C22H35N3O3. The van der Waals surface area contributed by atoms with Crippen LogP contribution in [0, 0.1) is 6.92 Å². The number of carbonyl (C=O) groups is 1. The van der Waals surface area contributed by atoms with Gasteiger partial charge in [-0.1, -0.05) is 6.07 Å². The molecule has 6 nitrogen and oxygen atoms in total. The maximum atomic E-state index is 12.4. The fraction of sp³-hybridized carbons (Fsp3) is 0.682. The first kappa shape index (κ1) is 20.9. The first-order valence-electron chi connectivity index (χ1n) is 10.4. The largest absolute Gasteiger partial charge is 0.444 e. The number of morpholine rings is 1. The number of hydrogen-bond acceptors (Lipinski definition) is 5. The lowest BCUT2D eigenvalue weighted by molar-refractivity contribution is 0.000537. The average Bonchev–Trinajstić information content (AvgIpc) is 2.62. The Morgan fingerprint density at radius 2 is 1.89 bits per heavy atom. The van der Waals surface area contributed by atoms with Crippen LogP contribution in [0.25, 0.3) is 0 Å². The molecule has 2 aliphatic rings. The molecule has 6 heteroatoms. The lowest BCUT2D eigenvalue weighted by Crippen LogP contribution is -2.54.